The van der Waals surface area contributed by atoms with E-state index in [0.717, 1.165) is 35.7 Å². The number of aliphatic hydroxyl groups is 1. The van der Waals surface area contributed by atoms with Crippen molar-refractivity contribution in [3.05, 3.63) is 27.3 Å². The van der Waals surface area contributed by atoms with Crippen molar-refractivity contribution >= 4 is 28.5 Å². The zero-order chi connectivity index (χ0) is 15.5. The van der Waals surface area contributed by atoms with Gasteiger partial charge in [0.05, 0.1) is 11.2 Å². The molecule has 0 atom stereocenters. The van der Waals surface area contributed by atoms with Gasteiger partial charge in [0.15, 0.2) is 0 Å². The third-order valence-electron chi connectivity index (χ3n) is 4.39. The predicted molar refractivity (Wildman–Crippen MR) is 90.4 cm³/mol. The number of amides is 1. The van der Waals surface area contributed by atoms with Crippen LogP contribution >= 0.6 is 22.6 Å². The summed E-state index contributed by atoms with van der Waals surface area (Å²) in [6.45, 7) is 2.42. The molecule has 0 aromatic heterocycles. The maximum absolute atomic E-state index is 12.1. The van der Waals surface area contributed by atoms with Gasteiger partial charge in [-0.05, 0) is 72.4 Å². The summed E-state index contributed by atoms with van der Waals surface area (Å²) < 4.78 is 0.887. The second kappa shape index (κ2) is 6.96. The average molecular weight is 403 g/mol. The van der Waals surface area contributed by atoms with Gasteiger partial charge in [-0.1, -0.05) is 13.3 Å². The van der Waals surface area contributed by atoms with Crippen LogP contribution in [-0.4, -0.2) is 28.3 Å². The molecule has 0 spiro atoms. The number of halogens is 1. The van der Waals surface area contributed by atoms with Crippen LogP contribution in [0.2, 0.25) is 0 Å². The van der Waals surface area contributed by atoms with Crippen molar-refractivity contribution in [3.8, 4) is 5.75 Å². The minimum atomic E-state index is -0.807. The molecule has 1 saturated carbocycles. The molecule has 3 N–H and O–H groups in total. The lowest BCUT2D eigenvalue weighted by Crippen LogP contribution is -2.45. The quantitative estimate of drug-likeness (QED) is 0.677. The van der Waals surface area contributed by atoms with Crippen LogP contribution in [0.15, 0.2) is 18.2 Å². The van der Waals surface area contributed by atoms with Crippen molar-refractivity contribution in [2.45, 2.75) is 44.6 Å². The van der Waals surface area contributed by atoms with Crippen LogP contribution in [0.5, 0.6) is 5.75 Å². The Morgan fingerprint density at radius 1 is 1.43 bits per heavy atom. The first-order valence-corrected chi connectivity index (χ1v) is 8.50. The average Bonchev–Trinajstić information content (AvgIpc) is 2.48. The first-order chi connectivity index (χ1) is 9.93. The number of aromatic hydroxyl groups is 1. The van der Waals surface area contributed by atoms with Crippen LogP contribution in [0, 0.1) is 9.49 Å². The fraction of sp³-hybridized carbons (Fsp3) is 0.562. The van der Waals surface area contributed by atoms with Gasteiger partial charge in [0.1, 0.15) is 5.75 Å². The highest BCUT2D eigenvalue weighted by Gasteiger charge is 2.33. The molecular weight excluding hydrogens is 381 g/mol. The largest absolute Gasteiger partial charge is 0.507 e. The Kier molecular flexibility index (Phi) is 5.48. The van der Waals surface area contributed by atoms with Crippen LogP contribution in [0.3, 0.4) is 0 Å². The smallest absolute Gasteiger partial charge is 0.255 e. The number of phenolic OH excluding ortho intramolecular Hbond substituents is 1. The van der Waals surface area contributed by atoms with Crippen molar-refractivity contribution in [2.24, 2.45) is 5.92 Å². The molecule has 0 saturated heterocycles. The van der Waals surface area contributed by atoms with Gasteiger partial charge in [0, 0.05) is 10.1 Å². The molecule has 1 amide bonds. The number of benzene rings is 1. The fourth-order valence-corrected chi connectivity index (χ4v) is 3.32. The summed E-state index contributed by atoms with van der Waals surface area (Å²) in [6, 6.07) is 4.90. The summed E-state index contributed by atoms with van der Waals surface area (Å²) >= 11 is 2.10. The monoisotopic (exact) mass is 403 g/mol. The first-order valence-electron chi connectivity index (χ1n) is 7.42. The molecule has 21 heavy (non-hydrogen) atoms. The van der Waals surface area contributed by atoms with Crippen molar-refractivity contribution in [1.29, 1.82) is 0 Å². The Bertz CT molecular complexity index is 510. The Balaban J connectivity index is 1.93. The van der Waals surface area contributed by atoms with E-state index in [-0.39, 0.29) is 23.8 Å². The molecule has 0 heterocycles. The van der Waals surface area contributed by atoms with Gasteiger partial charge in [0.25, 0.3) is 5.91 Å². The molecule has 0 bridgehead atoms. The van der Waals surface area contributed by atoms with Crippen molar-refractivity contribution in [2.75, 3.05) is 6.54 Å². The standard InChI is InChI=1S/C16H22INO3/c1-2-11-5-7-16(21,8-6-11)10-18-15(20)13-9-12(17)3-4-14(13)19/h3-4,9,11,19,21H,2,5-8,10H2,1H3,(H,18,20). The van der Waals surface area contributed by atoms with E-state index in [9.17, 15) is 15.0 Å². The topological polar surface area (TPSA) is 69.6 Å². The molecule has 2 rings (SSSR count). The second-order valence-corrected chi connectivity index (χ2v) is 7.17. The third-order valence-corrected chi connectivity index (χ3v) is 5.07. The van der Waals surface area contributed by atoms with Gasteiger partial charge in [-0.15, -0.1) is 0 Å². The third kappa shape index (κ3) is 4.32. The van der Waals surface area contributed by atoms with E-state index in [4.69, 9.17) is 0 Å². The maximum atomic E-state index is 12.1. The summed E-state index contributed by atoms with van der Waals surface area (Å²) in [7, 11) is 0. The molecule has 0 radical (unpaired) electrons. The second-order valence-electron chi connectivity index (χ2n) is 5.92. The molecule has 1 fully saturated rings. The maximum Gasteiger partial charge on any atom is 0.255 e. The van der Waals surface area contributed by atoms with E-state index in [0.29, 0.717) is 5.92 Å². The van der Waals surface area contributed by atoms with Gasteiger partial charge in [-0.25, -0.2) is 0 Å². The zero-order valence-corrected chi connectivity index (χ0v) is 14.4. The Labute approximate surface area is 139 Å². The number of hydrogen-bond acceptors (Lipinski definition) is 3. The van der Waals surface area contributed by atoms with Crippen LogP contribution < -0.4 is 5.32 Å². The lowest BCUT2D eigenvalue weighted by atomic mass is 9.78. The molecule has 1 aromatic rings. The molecule has 0 unspecified atom stereocenters. The van der Waals surface area contributed by atoms with Crippen molar-refractivity contribution < 1.29 is 15.0 Å². The lowest BCUT2D eigenvalue weighted by molar-refractivity contribution is -0.00788. The van der Waals surface area contributed by atoms with E-state index >= 15 is 0 Å². The van der Waals surface area contributed by atoms with E-state index in [1.165, 1.54) is 6.07 Å². The number of phenols is 1. The summed E-state index contributed by atoms with van der Waals surface area (Å²) in [5, 5.41) is 23.0. The lowest BCUT2D eigenvalue weighted by Gasteiger charge is -2.35. The van der Waals surface area contributed by atoms with Crippen LogP contribution in [0.25, 0.3) is 0 Å². The molecule has 5 heteroatoms. The van der Waals surface area contributed by atoms with Crippen molar-refractivity contribution in [3.63, 3.8) is 0 Å². The van der Waals surface area contributed by atoms with Gasteiger partial charge in [0.2, 0.25) is 0 Å². The molecule has 4 nitrogen and oxygen atoms in total. The zero-order valence-electron chi connectivity index (χ0n) is 12.2. The number of carbonyl (C=O) groups is 1. The van der Waals surface area contributed by atoms with E-state index in [1.807, 2.05) is 0 Å². The van der Waals surface area contributed by atoms with Crippen LogP contribution in [0.1, 0.15) is 49.4 Å². The van der Waals surface area contributed by atoms with Crippen molar-refractivity contribution in [1.82, 2.24) is 5.32 Å². The minimum Gasteiger partial charge on any atom is -0.507 e. The minimum absolute atomic E-state index is 0.0328. The number of rotatable bonds is 4. The molecule has 1 aromatic carbocycles. The number of hydrogen-bond donors (Lipinski definition) is 3. The normalized spacial score (nSPS) is 25.6. The highest BCUT2D eigenvalue weighted by molar-refractivity contribution is 14.1. The highest BCUT2D eigenvalue weighted by Crippen LogP contribution is 2.33. The predicted octanol–water partition coefficient (Wildman–Crippen LogP) is 3.06. The molecule has 116 valence electrons. The summed E-state index contributed by atoms with van der Waals surface area (Å²) in [6.07, 6.45) is 4.63. The van der Waals surface area contributed by atoms with Gasteiger partial charge in [-0.2, -0.15) is 0 Å². The first kappa shape index (κ1) is 16.5. The number of carbonyl (C=O) groups excluding carboxylic acids is 1. The molecule has 1 aliphatic carbocycles. The van der Waals surface area contributed by atoms with Crippen LogP contribution in [0.4, 0.5) is 0 Å². The SMILES string of the molecule is CCC1CCC(O)(CNC(=O)c2cc(I)ccc2O)CC1. The molecule has 1 aliphatic rings. The molecular formula is C16H22INO3. The Morgan fingerprint density at radius 2 is 2.10 bits per heavy atom. The summed E-state index contributed by atoms with van der Waals surface area (Å²) in [5.41, 5.74) is -0.549. The van der Waals surface area contributed by atoms with Crippen LogP contribution in [-0.2, 0) is 0 Å². The summed E-state index contributed by atoms with van der Waals surface area (Å²) in [5.74, 6) is 0.326. The van der Waals surface area contributed by atoms with E-state index < -0.39 is 5.60 Å². The van der Waals surface area contributed by atoms with E-state index in [2.05, 4.69) is 34.8 Å². The molecule has 0 aliphatic heterocycles. The Hall–Kier alpha value is -0.820. The Morgan fingerprint density at radius 3 is 2.71 bits per heavy atom. The van der Waals surface area contributed by atoms with Gasteiger partial charge < -0.3 is 15.5 Å². The summed E-state index contributed by atoms with van der Waals surface area (Å²) in [4.78, 5) is 12.1. The van der Waals surface area contributed by atoms with Gasteiger partial charge >= 0.3 is 0 Å². The highest BCUT2D eigenvalue weighted by atomic mass is 127. The number of nitrogens with one attached hydrogen (secondary N) is 1. The fourth-order valence-electron chi connectivity index (χ4n) is 2.83. The van der Waals surface area contributed by atoms with Gasteiger partial charge in [-0.3, -0.25) is 4.79 Å². The van der Waals surface area contributed by atoms with E-state index in [1.54, 1.807) is 12.1 Å².